The molecule has 0 aromatic carbocycles. The third-order valence-corrected chi connectivity index (χ3v) is 3.93. The fourth-order valence-corrected chi connectivity index (χ4v) is 3.17. The molecule has 0 aromatic rings. The molecule has 3 unspecified atom stereocenters. The molecule has 2 aliphatic carbocycles. The smallest absolute Gasteiger partial charge is 0.329 e. The van der Waals surface area contributed by atoms with E-state index in [1.807, 2.05) is 0 Å². The molecule has 0 amide bonds. The first-order valence-electron chi connectivity index (χ1n) is 6.09. The van der Waals surface area contributed by atoms with Gasteiger partial charge in [-0.2, -0.15) is 0 Å². The lowest BCUT2D eigenvalue weighted by Crippen LogP contribution is -2.32. The normalized spacial score (nSPS) is 35.9. The third kappa shape index (κ3) is 2.94. The molecule has 3 nitrogen and oxygen atoms in total. The first-order chi connectivity index (χ1) is 7.25. The SMILES string of the molecule is O=C(O)COC1CCC2CCCCC2C1. The summed E-state index contributed by atoms with van der Waals surface area (Å²) in [5.74, 6) is 0.871. The summed E-state index contributed by atoms with van der Waals surface area (Å²) >= 11 is 0. The highest BCUT2D eigenvalue weighted by molar-refractivity contribution is 5.68. The van der Waals surface area contributed by atoms with Crippen molar-refractivity contribution in [1.29, 1.82) is 0 Å². The number of carboxylic acids is 1. The van der Waals surface area contributed by atoms with E-state index < -0.39 is 5.97 Å². The van der Waals surface area contributed by atoms with E-state index in [1.165, 1.54) is 32.1 Å². The summed E-state index contributed by atoms with van der Waals surface area (Å²) < 4.78 is 5.39. The first kappa shape index (κ1) is 10.9. The maximum absolute atomic E-state index is 10.4. The summed E-state index contributed by atoms with van der Waals surface area (Å²) in [6, 6.07) is 0. The molecule has 15 heavy (non-hydrogen) atoms. The van der Waals surface area contributed by atoms with Crippen molar-refractivity contribution >= 4 is 5.97 Å². The van der Waals surface area contributed by atoms with Crippen LogP contribution in [-0.2, 0) is 9.53 Å². The van der Waals surface area contributed by atoms with Gasteiger partial charge >= 0.3 is 5.97 Å². The zero-order valence-corrected chi connectivity index (χ0v) is 9.15. The minimum atomic E-state index is -0.847. The van der Waals surface area contributed by atoms with Gasteiger partial charge in [0.25, 0.3) is 0 Å². The van der Waals surface area contributed by atoms with Crippen LogP contribution < -0.4 is 0 Å². The summed E-state index contributed by atoms with van der Waals surface area (Å²) in [4.78, 5) is 10.4. The van der Waals surface area contributed by atoms with Crippen molar-refractivity contribution in [2.75, 3.05) is 6.61 Å². The Morgan fingerprint density at radius 2 is 1.87 bits per heavy atom. The Kier molecular flexibility index (Phi) is 3.62. The van der Waals surface area contributed by atoms with E-state index in [-0.39, 0.29) is 12.7 Å². The van der Waals surface area contributed by atoms with Crippen molar-refractivity contribution in [3.63, 3.8) is 0 Å². The minimum Gasteiger partial charge on any atom is -0.480 e. The Bertz CT molecular complexity index is 227. The number of carbonyl (C=O) groups is 1. The van der Waals surface area contributed by atoms with Gasteiger partial charge in [-0.15, -0.1) is 0 Å². The number of carboxylic acid groups (broad SMARTS) is 1. The van der Waals surface area contributed by atoms with E-state index >= 15 is 0 Å². The second kappa shape index (κ2) is 4.97. The molecule has 2 aliphatic rings. The second-order valence-corrected chi connectivity index (χ2v) is 4.94. The van der Waals surface area contributed by atoms with Crippen molar-refractivity contribution in [2.24, 2.45) is 11.8 Å². The standard InChI is InChI=1S/C12H20O3/c13-12(14)8-15-11-6-5-9-3-1-2-4-10(9)7-11/h9-11H,1-8H2,(H,13,14). The first-order valence-corrected chi connectivity index (χ1v) is 6.09. The van der Waals surface area contributed by atoms with Crippen molar-refractivity contribution in [3.8, 4) is 0 Å². The largest absolute Gasteiger partial charge is 0.480 e. The molecule has 2 saturated carbocycles. The van der Waals surface area contributed by atoms with Gasteiger partial charge in [0.15, 0.2) is 0 Å². The number of fused-ring (bicyclic) bond motifs is 1. The van der Waals surface area contributed by atoms with Gasteiger partial charge in [-0.25, -0.2) is 4.79 Å². The van der Waals surface area contributed by atoms with Gasteiger partial charge in [0.05, 0.1) is 6.10 Å². The van der Waals surface area contributed by atoms with Crippen LogP contribution in [0.2, 0.25) is 0 Å². The Labute approximate surface area is 90.8 Å². The van der Waals surface area contributed by atoms with Crippen molar-refractivity contribution < 1.29 is 14.6 Å². The maximum atomic E-state index is 10.4. The van der Waals surface area contributed by atoms with Gasteiger partial charge in [-0.1, -0.05) is 25.7 Å². The van der Waals surface area contributed by atoms with Gasteiger partial charge in [-0.3, -0.25) is 0 Å². The highest BCUT2D eigenvalue weighted by atomic mass is 16.5. The number of hydrogen-bond acceptors (Lipinski definition) is 2. The second-order valence-electron chi connectivity index (χ2n) is 4.94. The number of rotatable bonds is 3. The van der Waals surface area contributed by atoms with Gasteiger partial charge in [0.2, 0.25) is 0 Å². The predicted octanol–water partition coefficient (Wildman–Crippen LogP) is 2.45. The zero-order chi connectivity index (χ0) is 10.7. The molecule has 0 spiro atoms. The quantitative estimate of drug-likeness (QED) is 0.781. The van der Waals surface area contributed by atoms with Crippen molar-refractivity contribution in [1.82, 2.24) is 0 Å². The lowest BCUT2D eigenvalue weighted by atomic mass is 9.70. The van der Waals surface area contributed by atoms with Gasteiger partial charge in [-0.05, 0) is 31.1 Å². The van der Waals surface area contributed by atoms with Crippen LogP contribution in [0, 0.1) is 11.8 Å². The Balaban J connectivity index is 1.78. The fraction of sp³-hybridized carbons (Fsp3) is 0.917. The molecular weight excluding hydrogens is 192 g/mol. The fourth-order valence-electron chi connectivity index (χ4n) is 3.17. The molecule has 0 radical (unpaired) electrons. The molecule has 0 aliphatic heterocycles. The Morgan fingerprint density at radius 3 is 2.60 bits per heavy atom. The van der Waals surface area contributed by atoms with E-state index in [0.29, 0.717) is 0 Å². The van der Waals surface area contributed by atoms with Crippen molar-refractivity contribution in [3.05, 3.63) is 0 Å². The Hall–Kier alpha value is -0.570. The van der Waals surface area contributed by atoms with Crippen LogP contribution in [0.3, 0.4) is 0 Å². The third-order valence-electron chi connectivity index (χ3n) is 3.93. The molecule has 2 rings (SSSR count). The van der Waals surface area contributed by atoms with Crippen LogP contribution in [-0.4, -0.2) is 23.8 Å². The lowest BCUT2D eigenvalue weighted by molar-refractivity contribution is -0.145. The number of aliphatic carboxylic acids is 1. The van der Waals surface area contributed by atoms with Crippen molar-refractivity contribution in [2.45, 2.75) is 51.0 Å². The predicted molar refractivity (Wildman–Crippen MR) is 56.7 cm³/mol. The van der Waals surface area contributed by atoms with E-state index in [9.17, 15) is 4.79 Å². The highest BCUT2D eigenvalue weighted by Gasteiger charge is 2.32. The van der Waals surface area contributed by atoms with Gasteiger partial charge in [0, 0.05) is 0 Å². The molecule has 0 bridgehead atoms. The Morgan fingerprint density at radius 1 is 1.13 bits per heavy atom. The van der Waals surface area contributed by atoms with Crippen LogP contribution in [0.5, 0.6) is 0 Å². The topological polar surface area (TPSA) is 46.5 Å². The minimum absolute atomic E-state index is 0.123. The van der Waals surface area contributed by atoms with Gasteiger partial charge < -0.3 is 9.84 Å². The molecule has 3 heteroatoms. The van der Waals surface area contributed by atoms with E-state index in [0.717, 1.165) is 24.7 Å². The number of hydrogen-bond donors (Lipinski definition) is 1. The molecule has 86 valence electrons. The maximum Gasteiger partial charge on any atom is 0.329 e. The number of ether oxygens (including phenoxy) is 1. The van der Waals surface area contributed by atoms with Crippen LogP contribution in [0.1, 0.15) is 44.9 Å². The van der Waals surface area contributed by atoms with Crippen LogP contribution in [0.4, 0.5) is 0 Å². The van der Waals surface area contributed by atoms with Crippen LogP contribution >= 0.6 is 0 Å². The van der Waals surface area contributed by atoms with Crippen LogP contribution in [0.25, 0.3) is 0 Å². The molecule has 0 saturated heterocycles. The van der Waals surface area contributed by atoms with E-state index in [1.54, 1.807) is 0 Å². The summed E-state index contributed by atoms with van der Waals surface area (Å²) in [5, 5.41) is 8.55. The summed E-state index contributed by atoms with van der Waals surface area (Å²) in [5.41, 5.74) is 0. The molecule has 0 aromatic heterocycles. The zero-order valence-electron chi connectivity index (χ0n) is 9.15. The molecule has 0 heterocycles. The summed E-state index contributed by atoms with van der Waals surface area (Å²) in [6.45, 7) is -0.123. The molecule has 3 atom stereocenters. The average molecular weight is 212 g/mol. The average Bonchev–Trinajstić information content (AvgIpc) is 2.26. The lowest BCUT2D eigenvalue weighted by Gasteiger charge is -2.38. The summed E-state index contributed by atoms with van der Waals surface area (Å²) in [6.07, 6.45) is 9.07. The van der Waals surface area contributed by atoms with E-state index in [2.05, 4.69) is 0 Å². The molecule has 1 N–H and O–H groups in total. The van der Waals surface area contributed by atoms with Crippen LogP contribution in [0.15, 0.2) is 0 Å². The molecular formula is C12H20O3. The summed E-state index contributed by atoms with van der Waals surface area (Å²) in [7, 11) is 0. The molecule has 2 fully saturated rings. The van der Waals surface area contributed by atoms with E-state index in [4.69, 9.17) is 9.84 Å². The highest BCUT2D eigenvalue weighted by Crippen LogP contribution is 2.41. The monoisotopic (exact) mass is 212 g/mol. The van der Waals surface area contributed by atoms with Gasteiger partial charge in [0.1, 0.15) is 6.61 Å².